The van der Waals surface area contributed by atoms with Gasteiger partial charge in [0.05, 0.1) is 13.1 Å². The Morgan fingerprint density at radius 3 is 2.35 bits per heavy atom. The lowest BCUT2D eigenvalue weighted by Crippen LogP contribution is -2.38. The van der Waals surface area contributed by atoms with E-state index in [0.717, 1.165) is 16.0 Å². The average Bonchev–Trinajstić information content (AvgIpc) is 2.30. The Morgan fingerprint density at radius 2 is 1.85 bits per heavy atom. The smallest absolute Gasteiger partial charge is 0.293 e. The second kappa shape index (κ2) is 6.88. The molecule has 20 heavy (non-hydrogen) atoms. The molecule has 1 aromatic carbocycles. The maximum Gasteiger partial charge on any atom is 0.401 e. The molecule has 0 saturated carbocycles. The summed E-state index contributed by atoms with van der Waals surface area (Å²) < 4.78 is 37.3. The number of carbonyl (C=O) groups excluding carboxylic acids is 1. The summed E-state index contributed by atoms with van der Waals surface area (Å²) in [5.41, 5.74) is 2.49. The summed E-state index contributed by atoms with van der Waals surface area (Å²) in [6, 6.07) is 5.22. The Hall–Kier alpha value is -1.36. The van der Waals surface area contributed by atoms with Crippen molar-refractivity contribution in [2.24, 2.45) is 0 Å². The molecule has 0 bridgehead atoms. The summed E-state index contributed by atoms with van der Waals surface area (Å²) in [6.07, 6.45) is -3.70. The minimum absolute atomic E-state index is 0.199. The molecule has 0 N–H and O–H groups in total. The van der Waals surface area contributed by atoms with E-state index in [1.165, 1.54) is 0 Å². The van der Waals surface area contributed by atoms with Crippen LogP contribution in [0.15, 0.2) is 18.2 Å². The number of nitrogens with zero attached hydrogens (tertiary/aromatic N) is 1. The van der Waals surface area contributed by atoms with E-state index in [1.807, 2.05) is 19.9 Å². The van der Waals surface area contributed by atoms with Gasteiger partial charge in [-0.2, -0.15) is 13.2 Å². The summed E-state index contributed by atoms with van der Waals surface area (Å²) in [7, 11) is 0. The summed E-state index contributed by atoms with van der Waals surface area (Å²) in [5.74, 6) is -0.272. The van der Waals surface area contributed by atoms with Gasteiger partial charge in [-0.15, -0.1) is 0 Å². The number of alkyl halides is 3. The van der Waals surface area contributed by atoms with Gasteiger partial charge < -0.3 is 0 Å². The standard InChI is InChI=1S/C15H20F3NO/c1-4-7-19(10-15(16,17)18)9-14(20)13-6-5-11(2)12(3)8-13/h5-6,8H,4,7,9-10H2,1-3H3. The monoisotopic (exact) mass is 287 g/mol. The van der Waals surface area contributed by atoms with Crippen molar-refractivity contribution >= 4 is 5.78 Å². The average molecular weight is 287 g/mol. The van der Waals surface area contributed by atoms with Gasteiger partial charge in [0.15, 0.2) is 5.78 Å². The summed E-state index contributed by atoms with van der Waals surface area (Å²) in [5, 5.41) is 0. The number of Topliss-reactive ketones (excluding diaryl/α,β-unsaturated/α-hetero) is 1. The molecular weight excluding hydrogens is 267 g/mol. The van der Waals surface area contributed by atoms with Gasteiger partial charge in [-0.25, -0.2) is 0 Å². The molecule has 0 atom stereocenters. The van der Waals surface area contributed by atoms with Crippen LogP contribution in [0, 0.1) is 13.8 Å². The Balaban J connectivity index is 2.77. The fourth-order valence-corrected chi connectivity index (χ4v) is 1.99. The van der Waals surface area contributed by atoms with E-state index in [9.17, 15) is 18.0 Å². The highest BCUT2D eigenvalue weighted by Gasteiger charge is 2.31. The van der Waals surface area contributed by atoms with Crippen molar-refractivity contribution in [3.63, 3.8) is 0 Å². The lowest BCUT2D eigenvalue weighted by molar-refractivity contribution is -0.144. The van der Waals surface area contributed by atoms with Crippen LogP contribution in [0.5, 0.6) is 0 Å². The topological polar surface area (TPSA) is 20.3 Å². The Morgan fingerprint density at radius 1 is 1.20 bits per heavy atom. The lowest BCUT2D eigenvalue weighted by Gasteiger charge is -2.22. The van der Waals surface area contributed by atoms with Crippen molar-refractivity contribution in [2.75, 3.05) is 19.6 Å². The molecule has 112 valence electrons. The van der Waals surface area contributed by atoms with Gasteiger partial charge >= 0.3 is 6.18 Å². The first-order chi connectivity index (χ1) is 9.23. The van der Waals surface area contributed by atoms with Crippen LogP contribution >= 0.6 is 0 Å². The van der Waals surface area contributed by atoms with Crippen molar-refractivity contribution in [1.82, 2.24) is 4.90 Å². The molecule has 1 rings (SSSR count). The fraction of sp³-hybridized carbons (Fsp3) is 0.533. The first kappa shape index (κ1) is 16.7. The molecule has 0 heterocycles. The third-order valence-corrected chi connectivity index (χ3v) is 3.14. The highest BCUT2D eigenvalue weighted by atomic mass is 19.4. The quantitative estimate of drug-likeness (QED) is 0.742. The maximum absolute atomic E-state index is 12.4. The molecule has 1 aromatic rings. The Labute approximate surface area is 117 Å². The van der Waals surface area contributed by atoms with E-state index in [1.54, 1.807) is 19.1 Å². The Bertz CT molecular complexity index is 469. The maximum atomic E-state index is 12.4. The number of rotatable bonds is 6. The van der Waals surface area contributed by atoms with Crippen LogP contribution < -0.4 is 0 Å². The van der Waals surface area contributed by atoms with Crippen LogP contribution in [0.25, 0.3) is 0 Å². The van der Waals surface area contributed by atoms with Crippen molar-refractivity contribution < 1.29 is 18.0 Å². The van der Waals surface area contributed by atoms with E-state index < -0.39 is 12.7 Å². The van der Waals surface area contributed by atoms with Gasteiger partial charge in [0.25, 0.3) is 0 Å². The minimum atomic E-state index is -4.28. The molecule has 0 aliphatic carbocycles. The van der Waals surface area contributed by atoms with Gasteiger partial charge in [-0.1, -0.05) is 19.1 Å². The van der Waals surface area contributed by atoms with E-state index >= 15 is 0 Å². The molecular formula is C15H20F3NO. The van der Waals surface area contributed by atoms with Crippen molar-refractivity contribution in [3.8, 4) is 0 Å². The predicted molar refractivity (Wildman–Crippen MR) is 73.0 cm³/mol. The highest BCUT2D eigenvalue weighted by Crippen LogP contribution is 2.17. The van der Waals surface area contributed by atoms with Gasteiger partial charge in [0.1, 0.15) is 0 Å². The number of hydrogen-bond donors (Lipinski definition) is 0. The van der Waals surface area contributed by atoms with Crippen LogP contribution in [0.3, 0.4) is 0 Å². The molecule has 0 fully saturated rings. The lowest BCUT2D eigenvalue weighted by atomic mass is 10.0. The van der Waals surface area contributed by atoms with Crippen LogP contribution in [-0.2, 0) is 0 Å². The molecule has 0 radical (unpaired) electrons. The number of hydrogen-bond acceptors (Lipinski definition) is 2. The second-order valence-corrected chi connectivity index (χ2v) is 5.05. The molecule has 5 heteroatoms. The van der Waals surface area contributed by atoms with E-state index in [2.05, 4.69) is 0 Å². The normalized spacial score (nSPS) is 11.9. The molecule has 0 aliphatic rings. The van der Waals surface area contributed by atoms with Gasteiger partial charge in [-0.3, -0.25) is 9.69 Å². The molecule has 0 spiro atoms. The van der Waals surface area contributed by atoms with Gasteiger partial charge in [0.2, 0.25) is 0 Å². The van der Waals surface area contributed by atoms with Crippen molar-refractivity contribution in [1.29, 1.82) is 0 Å². The first-order valence-corrected chi connectivity index (χ1v) is 6.62. The summed E-state index contributed by atoms with van der Waals surface area (Å²) in [4.78, 5) is 13.2. The molecule has 2 nitrogen and oxygen atoms in total. The molecule has 0 unspecified atom stereocenters. The number of aryl methyl sites for hydroxylation is 2. The summed E-state index contributed by atoms with van der Waals surface area (Å²) >= 11 is 0. The Kier molecular flexibility index (Phi) is 5.74. The molecule has 0 amide bonds. The first-order valence-electron chi connectivity index (χ1n) is 6.62. The zero-order valence-corrected chi connectivity index (χ0v) is 12.0. The molecule has 0 saturated heterocycles. The molecule has 0 aliphatic heterocycles. The largest absolute Gasteiger partial charge is 0.401 e. The van der Waals surface area contributed by atoms with Crippen LogP contribution in [-0.4, -0.2) is 36.5 Å². The fourth-order valence-electron chi connectivity index (χ4n) is 1.99. The predicted octanol–water partition coefficient (Wildman–Crippen LogP) is 3.76. The number of carbonyl (C=O) groups is 1. The minimum Gasteiger partial charge on any atom is -0.293 e. The third-order valence-electron chi connectivity index (χ3n) is 3.14. The van der Waals surface area contributed by atoms with E-state index in [4.69, 9.17) is 0 Å². The zero-order valence-electron chi connectivity index (χ0n) is 12.0. The molecule has 0 aromatic heterocycles. The number of halogens is 3. The van der Waals surface area contributed by atoms with Crippen LogP contribution in [0.1, 0.15) is 34.8 Å². The summed E-state index contributed by atoms with van der Waals surface area (Å²) in [6.45, 7) is 4.62. The van der Waals surface area contributed by atoms with Gasteiger partial charge in [-0.05, 0) is 44.0 Å². The second-order valence-electron chi connectivity index (χ2n) is 5.05. The van der Waals surface area contributed by atoms with Crippen molar-refractivity contribution in [3.05, 3.63) is 34.9 Å². The van der Waals surface area contributed by atoms with Crippen molar-refractivity contribution in [2.45, 2.75) is 33.4 Å². The van der Waals surface area contributed by atoms with E-state index in [0.29, 0.717) is 12.0 Å². The van der Waals surface area contributed by atoms with Crippen LogP contribution in [0.4, 0.5) is 13.2 Å². The van der Waals surface area contributed by atoms with Crippen LogP contribution in [0.2, 0.25) is 0 Å². The highest BCUT2D eigenvalue weighted by molar-refractivity contribution is 5.97. The third kappa shape index (κ3) is 5.33. The zero-order chi connectivity index (χ0) is 15.3. The number of benzene rings is 1. The number of ketones is 1. The van der Waals surface area contributed by atoms with E-state index in [-0.39, 0.29) is 18.9 Å². The SMILES string of the molecule is CCCN(CC(=O)c1ccc(C)c(C)c1)CC(F)(F)F. The van der Waals surface area contributed by atoms with Gasteiger partial charge in [0, 0.05) is 5.56 Å².